The molecule has 0 amide bonds. The summed E-state index contributed by atoms with van der Waals surface area (Å²) in [7, 11) is -0.699. The number of phenols is 1. The van der Waals surface area contributed by atoms with Crippen LogP contribution in [0, 0.1) is 0 Å². The molecule has 4 N–H and O–H groups in total. The van der Waals surface area contributed by atoms with Crippen LogP contribution < -0.4 is 5.73 Å². The highest BCUT2D eigenvalue weighted by molar-refractivity contribution is 6.55. The third kappa shape index (κ3) is 3.10. The van der Waals surface area contributed by atoms with E-state index in [1.807, 2.05) is 27.7 Å². The number of aliphatic hydroxyl groups excluding tert-OH is 1. The van der Waals surface area contributed by atoms with E-state index in [1.54, 1.807) is 12.1 Å². The van der Waals surface area contributed by atoms with E-state index < -0.39 is 18.3 Å². The van der Waals surface area contributed by atoms with E-state index in [0.717, 1.165) is 0 Å². The highest BCUT2D eigenvalue weighted by Gasteiger charge is 2.52. The van der Waals surface area contributed by atoms with E-state index >= 15 is 0 Å². The zero-order valence-electron chi connectivity index (χ0n) is 13.2. The Morgan fingerprint density at radius 2 is 1.82 bits per heavy atom. The zero-order valence-corrected chi connectivity index (χ0v) is 13.9. The zero-order chi connectivity index (χ0) is 16.7. The van der Waals surface area contributed by atoms with E-state index in [1.165, 1.54) is 6.07 Å². The largest absolute Gasteiger partial charge is 0.505 e. The van der Waals surface area contributed by atoms with Gasteiger partial charge in [-0.3, -0.25) is 0 Å². The number of rotatable bonds is 3. The van der Waals surface area contributed by atoms with Crippen LogP contribution in [-0.2, 0) is 9.31 Å². The Labute approximate surface area is 135 Å². The molecule has 22 heavy (non-hydrogen) atoms. The van der Waals surface area contributed by atoms with Gasteiger partial charge in [0.25, 0.3) is 0 Å². The first kappa shape index (κ1) is 17.2. The minimum absolute atomic E-state index is 0.0909. The van der Waals surface area contributed by atoms with Gasteiger partial charge in [-0.25, -0.2) is 0 Å². The Morgan fingerprint density at radius 3 is 2.32 bits per heavy atom. The lowest BCUT2D eigenvalue weighted by Crippen LogP contribution is -2.41. The van der Waals surface area contributed by atoms with Crippen molar-refractivity contribution >= 4 is 30.5 Å². The number of aliphatic hydroxyl groups is 1. The lowest BCUT2D eigenvalue weighted by atomic mass is 9.77. The van der Waals surface area contributed by atoms with Gasteiger partial charge in [-0.05, 0) is 45.3 Å². The fourth-order valence-electron chi connectivity index (χ4n) is 2.13. The highest BCUT2D eigenvalue weighted by atomic mass is 35.5. The van der Waals surface area contributed by atoms with Gasteiger partial charge in [0.05, 0.1) is 23.5 Å². The summed E-state index contributed by atoms with van der Waals surface area (Å²) in [4.78, 5) is 0. The molecule has 1 aromatic carbocycles. The molecule has 1 heterocycles. The van der Waals surface area contributed by atoms with Crippen LogP contribution in [0.2, 0.25) is 5.02 Å². The Hall–Kier alpha value is -1.21. The number of aromatic hydroxyl groups is 1. The van der Waals surface area contributed by atoms with E-state index in [0.29, 0.717) is 16.1 Å². The predicted octanol–water partition coefficient (Wildman–Crippen LogP) is 2.63. The molecule has 0 aliphatic carbocycles. The van der Waals surface area contributed by atoms with Crippen LogP contribution in [-0.4, -0.2) is 35.1 Å². The number of hydrogen-bond acceptors (Lipinski definition) is 5. The second-order valence-corrected chi connectivity index (χ2v) is 6.83. The summed E-state index contributed by atoms with van der Waals surface area (Å²) in [5.74, 6) is -0.0909. The minimum atomic E-state index is -0.699. The van der Waals surface area contributed by atoms with Crippen molar-refractivity contribution in [1.82, 2.24) is 0 Å². The molecule has 0 bridgehead atoms. The molecule has 1 aliphatic heterocycles. The normalized spacial score (nSPS) is 20.5. The second-order valence-electron chi connectivity index (χ2n) is 6.40. The van der Waals surface area contributed by atoms with Gasteiger partial charge in [-0.2, -0.15) is 0 Å². The monoisotopic (exact) mass is 325 g/mol. The van der Waals surface area contributed by atoms with Gasteiger partial charge in [-0.1, -0.05) is 17.7 Å². The molecule has 2 rings (SSSR count). The summed E-state index contributed by atoms with van der Waals surface area (Å²) < 4.78 is 11.8. The molecule has 1 saturated heterocycles. The van der Waals surface area contributed by atoms with Crippen molar-refractivity contribution in [1.29, 1.82) is 0 Å². The molecule has 1 aromatic rings. The van der Waals surface area contributed by atoms with Crippen molar-refractivity contribution in [2.45, 2.75) is 38.9 Å². The maximum atomic E-state index is 10.0. The van der Waals surface area contributed by atoms with Gasteiger partial charge in [0, 0.05) is 10.6 Å². The standard InChI is InChI=1S/C15H21BClNO4/c1-14(2)15(3,4)22-16(21-14)10(8-19)5-9-6-11(17)7-12(18)13(9)20/h5-7,19-20H,8,18H2,1-4H3. The second kappa shape index (κ2) is 5.78. The van der Waals surface area contributed by atoms with Crippen LogP contribution in [0.25, 0.3) is 6.08 Å². The van der Waals surface area contributed by atoms with E-state index in [2.05, 4.69) is 0 Å². The molecule has 1 fully saturated rings. The van der Waals surface area contributed by atoms with Gasteiger partial charge in [0.15, 0.2) is 0 Å². The van der Waals surface area contributed by atoms with Crippen LogP contribution >= 0.6 is 11.6 Å². The van der Waals surface area contributed by atoms with Crippen LogP contribution in [0.5, 0.6) is 5.75 Å². The van der Waals surface area contributed by atoms with E-state index in [-0.39, 0.29) is 18.0 Å². The molecule has 0 radical (unpaired) electrons. The van der Waals surface area contributed by atoms with E-state index in [9.17, 15) is 10.2 Å². The Morgan fingerprint density at radius 1 is 1.27 bits per heavy atom. The number of phenolic OH excluding ortho intramolecular Hbond substituents is 1. The maximum absolute atomic E-state index is 10.0. The van der Waals surface area contributed by atoms with Crippen molar-refractivity contribution in [3.8, 4) is 5.75 Å². The Kier molecular flexibility index (Phi) is 4.50. The molecule has 0 aromatic heterocycles. The molecular weight excluding hydrogens is 304 g/mol. The number of nitrogens with two attached hydrogens (primary N) is 1. The average molecular weight is 326 g/mol. The fourth-order valence-corrected chi connectivity index (χ4v) is 2.37. The van der Waals surface area contributed by atoms with Crippen molar-refractivity contribution < 1.29 is 19.5 Å². The van der Waals surface area contributed by atoms with Crippen molar-refractivity contribution in [3.63, 3.8) is 0 Å². The van der Waals surface area contributed by atoms with Crippen molar-refractivity contribution in [3.05, 3.63) is 28.2 Å². The summed E-state index contributed by atoms with van der Waals surface area (Å²) >= 11 is 5.95. The summed E-state index contributed by atoms with van der Waals surface area (Å²) in [6.45, 7) is 7.43. The molecule has 7 heteroatoms. The van der Waals surface area contributed by atoms with Crippen molar-refractivity contribution in [2.24, 2.45) is 0 Å². The third-order valence-electron chi connectivity index (χ3n) is 4.21. The molecular formula is C15H21BClNO4. The van der Waals surface area contributed by atoms with Crippen LogP contribution in [0.1, 0.15) is 33.3 Å². The quantitative estimate of drug-likeness (QED) is 0.452. The number of anilines is 1. The Bertz CT molecular complexity index is 600. The highest BCUT2D eigenvalue weighted by Crippen LogP contribution is 2.39. The summed E-state index contributed by atoms with van der Waals surface area (Å²) in [5.41, 5.74) is 5.72. The SMILES string of the molecule is CC1(C)OB(C(=Cc2cc(Cl)cc(N)c2O)CO)OC1(C)C. The first-order chi connectivity index (χ1) is 10.1. The molecule has 0 unspecified atom stereocenters. The van der Waals surface area contributed by atoms with Crippen LogP contribution in [0.4, 0.5) is 5.69 Å². The predicted molar refractivity (Wildman–Crippen MR) is 88.7 cm³/mol. The van der Waals surface area contributed by atoms with Gasteiger partial charge in [0.2, 0.25) is 0 Å². The smallest absolute Gasteiger partial charge is 0.492 e. The molecule has 120 valence electrons. The first-order valence-electron chi connectivity index (χ1n) is 7.02. The van der Waals surface area contributed by atoms with Crippen LogP contribution in [0.3, 0.4) is 0 Å². The van der Waals surface area contributed by atoms with Gasteiger partial charge in [0.1, 0.15) is 5.75 Å². The maximum Gasteiger partial charge on any atom is 0.492 e. The molecule has 0 atom stereocenters. The summed E-state index contributed by atoms with van der Waals surface area (Å²) in [5, 5.41) is 20.1. The number of halogens is 1. The van der Waals surface area contributed by atoms with Gasteiger partial charge < -0.3 is 25.3 Å². The fraction of sp³-hybridized carbons (Fsp3) is 0.467. The topological polar surface area (TPSA) is 84.9 Å². The summed E-state index contributed by atoms with van der Waals surface area (Å²) in [6.07, 6.45) is 1.58. The third-order valence-corrected chi connectivity index (χ3v) is 4.43. The molecule has 0 saturated carbocycles. The van der Waals surface area contributed by atoms with Gasteiger partial charge >= 0.3 is 7.12 Å². The molecule has 0 spiro atoms. The minimum Gasteiger partial charge on any atom is -0.505 e. The van der Waals surface area contributed by atoms with Crippen molar-refractivity contribution in [2.75, 3.05) is 12.3 Å². The van der Waals surface area contributed by atoms with Gasteiger partial charge in [-0.15, -0.1) is 0 Å². The number of benzene rings is 1. The number of hydrogen-bond donors (Lipinski definition) is 3. The van der Waals surface area contributed by atoms with Crippen LogP contribution in [0.15, 0.2) is 17.6 Å². The Balaban J connectivity index is 2.38. The van der Waals surface area contributed by atoms with E-state index in [4.69, 9.17) is 26.6 Å². The molecule has 1 aliphatic rings. The summed E-state index contributed by atoms with van der Waals surface area (Å²) in [6, 6.07) is 3.02. The average Bonchev–Trinajstić information content (AvgIpc) is 2.60. The lowest BCUT2D eigenvalue weighted by Gasteiger charge is -2.32. The lowest BCUT2D eigenvalue weighted by molar-refractivity contribution is 0.00578. The first-order valence-corrected chi connectivity index (χ1v) is 7.40. The molecule has 5 nitrogen and oxygen atoms in total. The number of nitrogen functional groups attached to an aromatic ring is 1.